The van der Waals surface area contributed by atoms with Crippen molar-refractivity contribution in [2.24, 2.45) is 0 Å². The maximum absolute atomic E-state index is 11.3. The Kier molecular flexibility index (Phi) is 4.45. The number of anilines is 1. The Balaban J connectivity index is 2.76. The molecular formula is C11H14N2O4. The molecule has 0 aliphatic heterocycles. The molecule has 0 saturated carbocycles. The van der Waals surface area contributed by atoms with Gasteiger partial charge in [-0.1, -0.05) is 0 Å². The third-order valence-corrected chi connectivity index (χ3v) is 1.70. The zero-order valence-corrected chi connectivity index (χ0v) is 9.64. The minimum Gasteiger partial charge on any atom is -0.481 e. The van der Waals surface area contributed by atoms with E-state index in [0.29, 0.717) is 5.69 Å². The summed E-state index contributed by atoms with van der Waals surface area (Å²) in [5.74, 6) is -1.52. The molecule has 6 nitrogen and oxygen atoms in total. The average Bonchev–Trinajstić information content (AvgIpc) is 2.18. The molecule has 0 spiro atoms. The second kappa shape index (κ2) is 5.83. The zero-order valence-electron chi connectivity index (χ0n) is 9.64. The van der Waals surface area contributed by atoms with Gasteiger partial charge in [0.25, 0.3) is 0 Å². The average molecular weight is 238 g/mol. The van der Waals surface area contributed by atoms with E-state index >= 15 is 0 Å². The summed E-state index contributed by atoms with van der Waals surface area (Å²) in [6.45, 7) is 3.66. The van der Waals surface area contributed by atoms with Crippen molar-refractivity contribution in [2.75, 3.05) is 5.32 Å². The lowest BCUT2D eigenvalue weighted by atomic mass is 10.3. The molecule has 0 aliphatic carbocycles. The van der Waals surface area contributed by atoms with E-state index in [0.717, 1.165) is 0 Å². The molecule has 92 valence electrons. The molecule has 1 heterocycles. The second-order valence-electron chi connectivity index (χ2n) is 3.64. The van der Waals surface area contributed by atoms with Gasteiger partial charge in [0.1, 0.15) is 12.1 Å². The molecule has 2 N–H and O–H groups in total. The van der Waals surface area contributed by atoms with Crippen molar-refractivity contribution >= 4 is 17.6 Å². The maximum Gasteiger partial charge on any atom is 0.312 e. The summed E-state index contributed by atoms with van der Waals surface area (Å²) in [6, 6.07) is 3.23. The van der Waals surface area contributed by atoms with E-state index in [1.807, 2.05) is 13.8 Å². The van der Waals surface area contributed by atoms with Gasteiger partial charge in [-0.15, -0.1) is 0 Å². The van der Waals surface area contributed by atoms with E-state index < -0.39 is 18.3 Å². The van der Waals surface area contributed by atoms with E-state index in [1.165, 1.54) is 6.20 Å². The highest BCUT2D eigenvalue weighted by atomic mass is 16.5. The first kappa shape index (κ1) is 13.0. The fourth-order valence-corrected chi connectivity index (χ4v) is 1.13. The fraction of sp³-hybridized carbons (Fsp3) is 0.364. The van der Waals surface area contributed by atoms with E-state index in [9.17, 15) is 9.59 Å². The van der Waals surface area contributed by atoms with Crippen LogP contribution in [-0.2, 0) is 9.59 Å². The summed E-state index contributed by atoms with van der Waals surface area (Å²) in [7, 11) is 0. The number of hydrogen-bond donors (Lipinski definition) is 2. The van der Waals surface area contributed by atoms with Crippen molar-refractivity contribution in [1.82, 2.24) is 4.98 Å². The van der Waals surface area contributed by atoms with Crippen molar-refractivity contribution in [3.8, 4) is 5.88 Å². The Bertz CT molecular complexity index is 418. The van der Waals surface area contributed by atoms with E-state index in [4.69, 9.17) is 9.84 Å². The van der Waals surface area contributed by atoms with Gasteiger partial charge in [-0.05, 0) is 26.0 Å². The van der Waals surface area contributed by atoms with Gasteiger partial charge in [-0.25, -0.2) is 4.98 Å². The first-order valence-electron chi connectivity index (χ1n) is 5.12. The molecule has 1 rings (SSSR count). The molecule has 1 amide bonds. The molecular weight excluding hydrogens is 224 g/mol. The topological polar surface area (TPSA) is 88.5 Å². The SMILES string of the molecule is CC(C)Oc1ncccc1NC(=O)CC(=O)O. The van der Waals surface area contributed by atoms with Crippen LogP contribution in [0, 0.1) is 0 Å². The largest absolute Gasteiger partial charge is 0.481 e. The Morgan fingerprint density at radius 3 is 2.82 bits per heavy atom. The number of carboxylic acid groups (broad SMARTS) is 1. The number of hydrogen-bond acceptors (Lipinski definition) is 4. The van der Waals surface area contributed by atoms with Crippen LogP contribution in [0.1, 0.15) is 20.3 Å². The van der Waals surface area contributed by atoms with Gasteiger partial charge < -0.3 is 15.2 Å². The van der Waals surface area contributed by atoms with Crippen molar-refractivity contribution in [3.05, 3.63) is 18.3 Å². The predicted octanol–water partition coefficient (Wildman–Crippen LogP) is 1.28. The first-order chi connectivity index (χ1) is 7.99. The van der Waals surface area contributed by atoms with Crippen LogP contribution in [0.15, 0.2) is 18.3 Å². The van der Waals surface area contributed by atoms with E-state index in [-0.39, 0.29) is 12.0 Å². The number of nitrogens with one attached hydrogen (secondary N) is 1. The number of aromatic nitrogens is 1. The van der Waals surface area contributed by atoms with Crippen molar-refractivity contribution in [2.45, 2.75) is 26.4 Å². The van der Waals surface area contributed by atoms with Crippen LogP contribution in [0.5, 0.6) is 5.88 Å². The number of pyridine rings is 1. The Labute approximate surface area is 98.6 Å². The third-order valence-electron chi connectivity index (χ3n) is 1.70. The number of carbonyl (C=O) groups is 2. The number of amides is 1. The normalized spacial score (nSPS) is 10.1. The molecule has 0 unspecified atom stereocenters. The summed E-state index contributed by atoms with van der Waals surface area (Å²) in [5.41, 5.74) is 0.368. The number of aliphatic carboxylic acids is 1. The predicted molar refractivity (Wildman–Crippen MR) is 60.9 cm³/mol. The molecule has 6 heteroatoms. The third kappa shape index (κ3) is 4.50. The Morgan fingerprint density at radius 1 is 1.53 bits per heavy atom. The molecule has 0 atom stereocenters. The Morgan fingerprint density at radius 2 is 2.24 bits per heavy atom. The highest BCUT2D eigenvalue weighted by Crippen LogP contribution is 2.21. The van der Waals surface area contributed by atoms with Crippen molar-refractivity contribution < 1.29 is 19.4 Å². The Hall–Kier alpha value is -2.11. The molecule has 0 bridgehead atoms. The van der Waals surface area contributed by atoms with Crippen LogP contribution in [0.3, 0.4) is 0 Å². The molecule has 0 aliphatic rings. The number of rotatable bonds is 5. The van der Waals surface area contributed by atoms with Crippen LogP contribution < -0.4 is 10.1 Å². The van der Waals surface area contributed by atoms with Gasteiger partial charge in [-0.3, -0.25) is 9.59 Å². The number of carboxylic acids is 1. The molecule has 1 aromatic heterocycles. The molecule has 0 saturated heterocycles. The number of ether oxygens (including phenoxy) is 1. The van der Waals surface area contributed by atoms with Gasteiger partial charge in [-0.2, -0.15) is 0 Å². The van der Waals surface area contributed by atoms with E-state index in [2.05, 4.69) is 10.3 Å². The molecule has 17 heavy (non-hydrogen) atoms. The fourth-order valence-electron chi connectivity index (χ4n) is 1.13. The van der Waals surface area contributed by atoms with Crippen LogP contribution >= 0.6 is 0 Å². The van der Waals surface area contributed by atoms with Gasteiger partial charge in [0.2, 0.25) is 11.8 Å². The van der Waals surface area contributed by atoms with Crippen LogP contribution in [0.4, 0.5) is 5.69 Å². The lowest BCUT2D eigenvalue weighted by molar-refractivity contribution is -0.139. The lowest BCUT2D eigenvalue weighted by Crippen LogP contribution is -2.17. The maximum atomic E-state index is 11.3. The van der Waals surface area contributed by atoms with Crippen LogP contribution in [-0.4, -0.2) is 28.1 Å². The van der Waals surface area contributed by atoms with E-state index in [1.54, 1.807) is 12.1 Å². The lowest BCUT2D eigenvalue weighted by Gasteiger charge is -2.12. The van der Waals surface area contributed by atoms with Crippen LogP contribution in [0.25, 0.3) is 0 Å². The molecule has 0 radical (unpaired) electrons. The monoisotopic (exact) mass is 238 g/mol. The first-order valence-corrected chi connectivity index (χ1v) is 5.12. The minimum absolute atomic E-state index is 0.0833. The van der Waals surface area contributed by atoms with Crippen LogP contribution in [0.2, 0.25) is 0 Å². The van der Waals surface area contributed by atoms with Crippen molar-refractivity contribution in [3.63, 3.8) is 0 Å². The van der Waals surface area contributed by atoms with Gasteiger partial charge >= 0.3 is 5.97 Å². The summed E-state index contributed by atoms with van der Waals surface area (Å²) in [6.07, 6.45) is 0.862. The number of nitrogens with zero attached hydrogens (tertiary/aromatic N) is 1. The standard InChI is InChI=1S/C11H14N2O4/c1-7(2)17-11-8(4-3-5-12-11)13-9(14)6-10(15)16/h3-5,7H,6H2,1-2H3,(H,13,14)(H,15,16). The second-order valence-corrected chi connectivity index (χ2v) is 3.64. The summed E-state index contributed by atoms with van der Waals surface area (Å²) >= 11 is 0. The highest BCUT2D eigenvalue weighted by Gasteiger charge is 2.12. The molecule has 1 aromatic rings. The molecule has 0 aromatic carbocycles. The summed E-state index contributed by atoms with van der Waals surface area (Å²) < 4.78 is 5.38. The van der Waals surface area contributed by atoms with Gasteiger partial charge in [0.05, 0.1) is 6.10 Å². The minimum atomic E-state index is -1.18. The van der Waals surface area contributed by atoms with Gasteiger partial charge in [0.15, 0.2) is 0 Å². The quantitative estimate of drug-likeness (QED) is 0.754. The summed E-state index contributed by atoms with van der Waals surface area (Å²) in [4.78, 5) is 25.6. The smallest absolute Gasteiger partial charge is 0.312 e. The number of carbonyl (C=O) groups excluding carboxylic acids is 1. The van der Waals surface area contributed by atoms with Crippen molar-refractivity contribution in [1.29, 1.82) is 0 Å². The summed E-state index contributed by atoms with van der Waals surface area (Å²) in [5, 5.41) is 10.9. The van der Waals surface area contributed by atoms with Gasteiger partial charge in [0, 0.05) is 6.20 Å². The zero-order chi connectivity index (χ0) is 12.8. The highest BCUT2D eigenvalue weighted by molar-refractivity contribution is 6.01. The molecule has 0 fully saturated rings.